The number of methoxy groups -OCH3 is 1. The number of ether oxygens (including phenoxy) is 1. The molecule has 2 rings (SSSR count). The molecule has 1 aromatic heterocycles. The molecule has 0 bridgehead atoms. The Kier molecular flexibility index (Phi) is 3.14. The fourth-order valence-corrected chi connectivity index (χ4v) is 1.83. The van der Waals surface area contributed by atoms with Crippen molar-refractivity contribution in [3.05, 3.63) is 40.8 Å². The minimum absolute atomic E-state index is 0.118. The van der Waals surface area contributed by atoms with Gasteiger partial charge >= 0.3 is 5.97 Å². The van der Waals surface area contributed by atoms with Crippen molar-refractivity contribution in [2.45, 2.75) is 0 Å². The highest BCUT2D eigenvalue weighted by Gasteiger charge is 2.16. The Bertz CT molecular complexity index is 566. The van der Waals surface area contributed by atoms with Crippen LogP contribution in [0.15, 0.2) is 35.1 Å². The summed E-state index contributed by atoms with van der Waals surface area (Å²) in [6.45, 7) is 0. The van der Waals surface area contributed by atoms with Crippen LogP contribution in [-0.4, -0.2) is 22.6 Å². The number of esters is 1. The number of anilines is 1. The van der Waals surface area contributed by atoms with E-state index in [0.29, 0.717) is 0 Å². The predicted molar refractivity (Wildman–Crippen MR) is 67.0 cm³/mol. The van der Waals surface area contributed by atoms with Crippen LogP contribution in [0.5, 0.6) is 0 Å². The number of carbonyl (C=O) groups is 1. The van der Waals surface area contributed by atoms with Crippen molar-refractivity contribution in [1.82, 2.24) is 9.55 Å². The van der Waals surface area contributed by atoms with Crippen molar-refractivity contribution in [2.24, 2.45) is 0 Å². The number of hydrogen-bond acceptors (Lipinski definition) is 4. The second-order valence-electron chi connectivity index (χ2n) is 3.32. The van der Waals surface area contributed by atoms with Gasteiger partial charge < -0.3 is 10.5 Å². The molecule has 0 spiro atoms. The van der Waals surface area contributed by atoms with Gasteiger partial charge in [-0.05, 0) is 18.2 Å². The van der Waals surface area contributed by atoms with Crippen molar-refractivity contribution in [2.75, 3.05) is 12.8 Å². The molecule has 2 aromatic rings. The molecule has 0 unspecified atom stereocenters. The topological polar surface area (TPSA) is 70.1 Å². The lowest BCUT2D eigenvalue weighted by molar-refractivity contribution is 0.0596. The van der Waals surface area contributed by atoms with Gasteiger partial charge in [-0.25, -0.2) is 9.78 Å². The van der Waals surface area contributed by atoms with E-state index in [1.807, 2.05) is 24.3 Å². The Morgan fingerprint density at radius 2 is 2.29 bits per heavy atom. The van der Waals surface area contributed by atoms with Gasteiger partial charge in [-0.1, -0.05) is 22.0 Å². The molecule has 0 aliphatic heterocycles. The first kappa shape index (κ1) is 11.7. The third kappa shape index (κ3) is 2.16. The molecule has 6 heteroatoms. The number of halogens is 1. The van der Waals surface area contributed by atoms with E-state index in [1.54, 1.807) is 4.57 Å². The average Bonchev–Trinajstić information content (AvgIpc) is 2.70. The number of aromatic nitrogens is 2. The van der Waals surface area contributed by atoms with Crippen molar-refractivity contribution >= 4 is 27.7 Å². The molecule has 0 atom stereocenters. The summed E-state index contributed by atoms with van der Waals surface area (Å²) < 4.78 is 7.13. The van der Waals surface area contributed by atoms with E-state index >= 15 is 0 Å². The van der Waals surface area contributed by atoms with E-state index < -0.39 is 5.97 Å². The van der Waals surface area contributed by atoms with Crippen LogP contribution in [0.4, 0.5) is 5.82 Å². The van der Waals surface area contributed by atoms with Crippen molar-refractivity contribution in [3.63, 3.8) is 0 Å². The fourth-order valence-electron chi connectivity index (χ4n) is 1.44. The summed E-state index contributed by atoms with van der Waals surface area (Å²) in [7, 11) is 1.29. The third-order valence-corrected chi connectivity index (χ3v) is 2.76. The zero-order valence-electron chi connectivity index (χ0n) is 9.05. The predicted octanol–water partition coefficient (Wildman–Crippen LogP) is 2.00. The number of benzene rings is 1. The number of nitrogens with two attached hydrogens (primary N) is 1. The molecule has 0 saturated carbocycles. The van der Waals surface area contributed by atoms with E-state index in [0.717, 1.165) is 10.2 Å². The van der Waals surface area contributed by atoms with Crippen molar-refractivity contribution < 1.29 is 9.53 Å². The van der Waals surface area contributed by atoms with Crippen LogP contribution in [0.1, 0.15) is 10.5 Å². The van der Waals surface area contributed by atoms with Crippen LogP contribution in [0.3, 0.4) is 0 Å². The number of carbonyl (C=O) groups excluding carboxylic acids is 1. The Morgan fingerprint density at radius 3 is 2.94 bits per heavy atom. The highest BCUT2D eigenvalue weighted by molar-refractivity contribution is 9.10. The molecule has 1 heterocycles. The van der Waals surface area contributed by atoms with Crippen LogP contribution in [-0.2, 0) is 4.74 Å². The summed E-state index contributed by atoms with van der Waals surface area (Å²) in [4.78, 5) is 15.3. The van der Waals surface area contributed by atoms with Gasteiger partial charge in [-0.2, -0.15) is 0 Å². The molecule has 0 fully saturated rings. The van der Waals surface area contributed by atoms with Gasteiger partial charge in [-0.15, -0.1) is 0 Å². The van der Waals surface area contributed by atoms with E-state index in [4.69, 9.17) is 5.73 Å². The summed E-state index contributed by atoms with van der Waals surface area (Å²) in [5, 5.41) is 0. The van der Waals surface area contributed by atoms with E-state index in [2.05, 4.69) is 25.7 Å². The second-order valence-corrected chi connectivity index (χ2v) is 4.24. The first-order chi connectivity index (χ1) is 8.13. The average molecular weight is 296 g/mol. The van der Waals surface area contributed by atoms with Crippen LogP contribution in [0, 0.1) is 0 Å². The zero-order chi connectivity index (χ0) is 12.4. The Hall–Kier alpha value is -1.82. The first-order valence-corrected chi connectivity index (χ1v) is 5.60. The number of imidazole rings is 1. The van der Waals surface area contributed by atoms with Gasteiger partial charge in [-0.3, -0.25) is 4.57 Å². The second kappa shape index (κ2) is 4.58. The van der Waals surface area contributed by atoms with Gasteiger partial charge in [0.15, 0.2) is 5.69 Å². The third-order valence-electron chi connectivity index (χ3n) is 2.27. The van der Waals surface area contributed by atoms with E-state index in [1.165, 1.54) is 13.4 Å². The molecule has 0 radical (unpaired) electrons. The summed E-state index contributed by atoms with van der Waals surface area (Å²) in [6.07, 6.45) is 1.49. The monoisotopic (exact) mass is 295 g/mol. The van der Waals surface area contributed by atoms with Gasteiger partial charge in [0.1, 0.15) is 12.1 Å². The molecule has 17 heavy (non-hydrogen) atoms. The molecule has 5 nitrogen and oxygen atoms in total. The molecular formula is C11H10BrN3O2. The van der Waals surface area contributed by atoms with Gasteiger partial charge in [0.25, 0.3) is 0 Å². The maximum Gasteiger partial charge on any atom is 0.360 e. The molecule has 0 saturated heterocycles. The highest BCUT2D eigenvalue weighted by atomic mass is 79.9. The lowest BCUT2D eigenvalue weighted by Crippen LogP contribution is -2.07. The lowest BCUT2D eigenvalue weighted by atomic mass is 10.3. The number of nitrogen functional groups attached to an aromatic ring is 1. The minimum Gasteiger partial charge on any atom is -0.464 e. The van der Waals surface area contributed by atoms with Gasteiger partial charge in [0.05, 0.1) is 7.11 Å². The summed E-state index contributed by atoms with van der Waals surface area (Å²) in [5.74, 6) is -0.286. The standard InChI is InChI=1S/C11H10BrN3O2/c1-17-11(16)9-10(13)15(6-14-9)8-4-2-3-7(12)5-8/h2-6H,13H2,1H3. The van der Waals surface area contributed by atoms with Crippen LogP contribution in [0.25, 0.3) is 5.69 Å². The maximum atomic E-state index is 11.4. The largest absolute Gasteiger partial charge is 0.464 e. The summed E-state index contributed by atoms with van der Waals surface area (Å²) >= 11 is 3.37. The molecule has 88 valence electrons. The molecular weight excluding hydrogens is 286 g/mol. The Balaban J connectivity index is 2.48. The van der Waals surface area contributed by atoms with Crippen LogP contribution in [0.2, 0.25) is 0 Å². The van der Waals surface area contributed by atoms with Crippen LogP contribution >= 0.6 is 15.9 Å². The van der Waals surface area contributed by atoms with E-state index in [-0.39, 0.29) is 11.5 Å². The van der Waals surface area contributed by atoms with E-state index in [9.17, 15) is 4.79 Å². The molecule has 0 aliphatic carbocycles. The normalized spacial score (nSPS) is 10.2. The summed E-state index contributed by atoms with van der Waals surface area (Å²) in [6, 6.07) is 7.51. The highest BCUT2D eigenvalue weighted by Crippen LogP contribution is 2.20. The lowest BCUT2D eigenvalue weighted by Gasteiger charge is -2.05. The molecule has 2 N–H and O–H groups in total. The molecule has 0 aliphatic rings. The quantitative estimate of drug-likeness (QED) is 0.861. The number of hydrogen-bond donors (Lipinski definition) is 1. The Labute approximate surface area is 106 Å². The number of nitrogens with zero attached hydrogens (tertiary/aromatic N) is 2. The first-order valence-electron chi connectivity index (χ1n) is 4.80. The minimum atomic E-state index is -0.545. The summed E-state index contributed by atoms with van der Waals surface area (Å²) in [5.41, 5.74) is 6.78. The van der Waals surface area contributed by atoms with Crippen molar-refractivity contribution in [3.8, 4) is 5.69 Å². The van der Waals surface area contributed by atoms with Crippen LogP contribution < -0.4 is 5.73 Å². The molecule has 1 aromatic carbocycles. The Morgan fingerprint density at radius 1 is 1.53 bits per heavy atom. The fraction of sp³-hybridized carbons (Fsp3) is 0.0909. The zero-order valence-corrected chi connectivity index (χ0v) is 10.6. The molecule has 0 amide bonds. The smallest absolute Gasteiger partial charge is 0.360 e. The number of rotatable bonds is 2. The van der Waals surface area contributed by atoms with Gasteiger partial charge in [0.2, 0.25) is 0 Å². The SMILES string of the molecule is COC(=O)c1ncn(-c2cccc(Br)c2)c1N. The maximum absolute atomic E-state index is 11.4. The van der Waals surface area contributed by atoms with Gasteiger partial charge in [0, 0.05) is 10.2 Å². The van der Waals surface area contributed by atoms with Crippen molar-refractivity contribution in [1.29, 1.82) is 0 Å².